The summed E-state index contributed by atoms with van der Waals surface area (Å²) in [6, 6.07) is 7.84. The van der Waals surface area contributed by atoms with Crippen LogP contribution in [0, 0.1) is 17.8 Å². The van der Waals surface area contributed by atoms with Crippen LogP contribution in [-0.2, 0) is 9.59 Å². The van der Waals surface area contributed by atoms with E-state index in [0.29, 0.717) is 25.2 Å². The lowest BCUT2D eigenvalue weighted by molar-refractivity contribution is -0.141. The molecule has 0 radical (unpaired) electrons. The molecule has 2 aliphatic rings. The predicted octanol–water partition coefficient (Wildman–Crippen LogP) is 2.76. The number of carboxylic acids is 1. The summed E-state index contributed by atoms with van der Waals surface area (Å²) in [5, 5.41) is 12.2. The van der Waals surface area contributed by atoms with E-state index < -0.39 is 5.97 Å². The van der Waals surface area contributed by atoms with E-state index in [1.54, 1.807) is 7.11 Å². The van der Waals surface area contributed by atoms with Crippen molar-refractivity contribution >= 4 is 11.9 Å². The van der Waals surface area contributed by atoms with Gasteiger partial charge < -0.3 is 15.2 Å². The summed E-state index contributed by atoms with van der Waals surface area (Å²) in [5.74, 6) is -0.0314. The van der Waals surface area contributed by atoms with Crippen LogP contribution in [0.2, 0.25) is 0 Å². The maximum absolute atomic E-state index is 12.5. The van der Waals surface area contributed by atoms with E-state index in [4.69, 9.17) is 9.84 Å². The number of carboxylic acid groups (broad SMARTS) is 1. The second-order valence-electron chi connectivity index (χ2n) is 6.64. The Kier molecular flexibility index (Phi) is 4.55. The van der Waals surface area contributed by atoms with Gasteiger partial charge in [-0.15, -0.1) is 0 Å². The average Bonchev–Trinajstić information content (AvgIpc) is 3.27. The second-order valence-corrected chi connectivity index (χ2v) is 6.64. The number of carbonyl (C=O) groups excluding carboxylic acids is 1. The summed E-state index contributed by atoms with van der Waals surface area (Å²) < 4.78 is 5.18. The van der Waals surface area contributed by atoms with Crippen molar-refractivity contribution in [1.82, 2.24) is 5.32 Å². The SMILES string of the molecule is COc1ccc(C(NC(=O)[C@@H]2CC[C@H](C(=O)O)C2)C2CC2)cc1. The molecule has 2 saturated carbocycles. The maximum atomic E-state index is 12.5. The molecule has 0 saturated heterocycles. The minimum absolute atomic E-state index is 0.00136. The normalized spacial score (nSPS) is 24.9. The Morgan fingerprint density at radius 1 is 1.13 bits per heavy atom. The molecule has 3 rings (SSSR count). The van der Waals surface area contributed by atoms with Crippen LogP contribution in [0.15, 0.2) is 24.3 Å². The Labute approximate surface area is 136 Å². The second kappa shape index (κ2) is 6.60. The van der Waals surface area contributed by atoms with Crippen LogP contribution in [0.25, 0.3) is 0 Å². The summed E-state index contributed by atoms with van der Waals surface area (Å²) in [4.78, 5) is 23.6. The van der Waals surface area contributed by atoms with Gasteiger partial charge in [-0.3, -0.25) is 9.59 Å². The third-order valence-electron chi connectivity index (χ3n) is 5.02. The van der Waals surface area contributed by atoms with Crippen molar-refractivity contribution in [1.29, 1.82) is 0 Å². The van der Waals surface area contributed by atoms with Crippen LogP contribution in [0.1, 0.15) is 43.7 Å². The van der Waals surface area contributed by atoms with Crippen LogP contribution < -0.4 is 10.1 Å². The lowest BCUT2D eigenvalue weighted by atomic mass is 9.99. The van der Waals surface area contributed by atoms with Crippen LogP contribution >= 0.6 is 0 Å². The molecule has 0 aliphatic heterocycles. The van der Waals surface area contributed by atoms with E-state index in [1.165, 1.54) is 0 Å². The summed E-state index contributed by atoms with van der Waals surface area (Å²) in [5.41, 5.74) is 1.09. The molecule has 3 atom stereocenters. The van der Waals surface area contributed by atoms with Crippen LogP contribution in [0.5, 0.6) is 5.75 Å². The molecule has 124 valence electrons. The zero-order chi connectivity index (χ0) is 16.4. The first-order valence-corrected chi connectivity index (χ1v) is 8.25. The summed E-state index contributed by atoms with van der Waals surface area (Å²) >= 11 is 0. The van der Waals surface area contributed by atoms with E-state index in [2.05, 4.69) is 5.32 Å². The van der Waals surface area contributed by atoms with Gasteiger partial charge in [0.2, 0.25) is 5.91 Å². The number of rotatable bonds is 6. The summed E-state index contributed by atoms with van der Waals surface area (Å²) in [6.07, 6.45) is 3.98. The molecule has 0 spiro atoms. The topological polar surface area (TPSA) is 75.6 Å². The predicted molar refractivity (Wildman–Crippen MR) is 85.1 cm³/mol. The smallest absolute Gasteiger partial charge is 0.306 e. The van der Waals surface area contributed by atoms with E-state index in [0.717, 1.165) is 24.2 Å². The zero-order valence-corrected chi connectivity index (χ0v) is 13.3. The number of aliphatic carboxylic acids is 1. The van der Waals surface area contributed by atoms with Crippen LogP contribution in [0.3, 0.4) is 0 Å². The van der Waals surface area contributed by atoms with E-state index >= 15 is 0 Å². The Hall–Kier alpha value is -2.04. The number of methoxy groups -OCH3 is 1. The molecule has 23 heavy (non-hydrogen) atoms. The molecule has 1 aromatic carbocycles. The lowest BCUT2D eigenvalue weighted by Crippen LogP contribution is -2.34. The molecule has 1 unspecified atom stereocenters. The van der Waals surface area contributed by atoms with Gasteiger partial charge in [-0.2, -0.15) is 0 Å². The van der Waals surface area contributed by atoms with Gasteiger partial charge in [0.1, 0.15) is 5.75 Å². The lowest BCUT2D eigenvalue weighted by Gasteiger charge is -2.21. The Morgan fingerprint density at radius 2 is 1.78 bits per heavy atom. The highest BCUT2D eigenvalue weighted by Crippen LogP contribution is 2.42. The minimum atomic E-state index is -0.783. The van der Waals surface area contributed by atoms with Gasteiger partial charge in [-0.25, -0.2) is 0 Å². The number of amides is 1. The third kappa shape index (κ3) is 3.66. The van der Waals surface area contributed by atoms with Crippen molar-refractivity contribution in [3.63, 3.8) is 0 Å². The molecule has 2 fully saturated rings. The van der Waals surface area contributed by atoms with Crippen molar-refractivity contribution in [2.45, 2.75) is 38.1 Å². The van der Waals surface area contributed by atoms with Gasteiger partial charge >= 0.3 is 5.97 Å². The maximum Gasteiger partial charge on any atom is 0.306 e. The number of hydrogen-bond acceptors (Lipinski definition) is 3. The van der Waals surface area contributed by atoms with Gasteiger partial charge in [0.15, 0.2) is 0 Å². The van der Waals surface area contributed by atoms with Gasteiger partial charge in [0.25, 0.3) is 0 Å². The van der Waals surface area contributed by atoms with Crippen LogP contribution in [0.4, 0.5) is 0 Å². The van der Waals surface area contributed by atoms with Crippen molar-refractivity contribution in [2.24, 2.45) is 17.8 Å². The molecule has 5 nitrogen and oxygen atoms in total. The molecule has 0 bridgehead atoms. The van der Waals surface area contributed by atoms with E-state index in [9.17, 15) is 9.59 Å². The Morgan fingerprint density at radius 3 is 2.30 bits per heavy atom. The fraction of sp³-hybridized carbons (Fsp3) is 0.556. The van der Waals surface area contributed by atoms with Gasteiger partial charge in [0.05, 0.1) is 19.1 Å². The fourth-order valence-electron chi connectivity index (χ4n) is 3.43. The highest BCUT2D eigenvalue weighted by Gasteiger charge is 2.38. The van der Waals surface area contributed by atoms with Gasteiger partial charge in [-0.1, -0.05) is 12.1 Å². The number of carbonyl (C=O) groups is 2. The van der Waals surface area contributed by atoms with Crippen LogP contribution in [-0.4, -0.2) is 24.1 Å². The molecule has 2 N–H and O–H groups in total. The molecular formula is C18H23NO4. The fourth-order valence-corrected chi connectivity index (χ4v) is 3.43. The van der Waals surface area contributed by atoms with Crippen molar-refractivity contribution in [2.75, 3.05) is 7.11 Å². The standard InChI is InChI=1S/C18H23NO4/c1-23-15-8-6-12(7-9-15)16(11-2-3-11)19-17(20)13-4-5-14(10-13)18(21)22/h6-9,11,13-14,16H,2-5,10H2,1H3,(H,19,20)(H,21,22)/t13-,14+,16?/m1/s1. The van der Waals surface area contributed by atoms with Crippen molar-refractivity contribution < 1.29 is 19.4 Å². The van der Waals surface area contributed by atoms with E-state index in [-0.39, 0.29) is 23.8 Å². The number of nitrogens with one attached hydrogen (secondary N) is 1. The molecule has 5 heteroatoms. The molecule has 0 heterocycles. The number of benzene rings is 1. The summed E-state index contributed by atoms with van der Waals surface area (Å²) in [7, 11) is 1.63. The largest absolute Gasteiger partial charge is 0.497 e. The first-order valence-electron chi connectivity index (χ1n) is 8.25. The molecule has 2 aliphatic carbocycles. The molecule has 0 aromatic heterocycles. The highest BCUT2D eigenvalue weighted by molar-refractivity contribution is 5.81. The number of ether oxygens (including phenoxy) is 1. The van der Waals surface area contributed by atoms with Crippen molar-refractivity contribution in [3.05, 3.63) is 29.8 Å². The minimum Gasteiger partial charge on any atom is -0.497 e. The summed E-state index contributed by atoms with van der Waals surface area (Å²) in [6.45, 7) is 0. The monoisotopic (exact) mass is 317 g/mol. The van der Waals surface area contributed by atoms with E-state index in [1.807, 2.05) is 24.3 Å². The molecule has 1 amide bonds. The zero-order valence-electron chi connectivity index (χ0n) is 13.3. The first kappa shape index (κ1) is 15.8. The Bertz CT molecular complexity index is 579. The number of hydrogen-bond donors (Lipinski definition) is 2. The highest BCUT2D eigenvalue weighted by atomic mass is 16.5. The third-order valence-corrected chi connectivity index (χ3v) is 5.02. The first-order chi connectivity index (χ1) is 11.1. The average molecular weight is 317 g/mol. The van der Waals surface area contributed by atoms with Gasteiger partial charge in [-0.05, 0) is 55.7 Å². The molecular weight excluding hydrogens is 294 g/mol. The van der Waals surface area contributed by atoms with Crippen molar-refractivity contribution in [3.8, 4) is 5.75 Å². The quantitative estimate of drug-likeness (QED) is 0.846. The van der Waals surface area contributed by atoms with Gasteiger partial charge in [0, 0.05) is 5.92 Å². The molecule has 1 aromatic rings. The Balaban J connectivity index is 1.65.